The van der Waals surface area contributed by atoms with Gasteiger partial charge in [0.15, 0.2) is 0 Å². The molecule has 30 heavy (non-hydrogen) atoms. The fourth-order valence-corrected chi connectivity index (χ4v) is 2.86. The second-order valence-corrected chi connectivity index (χ2v) is 6.74. The van der Waals surface area contributed by atoms with Crippen LogP contribution in [0, 0.1) is 34.1 Å². The van der Waals surface area contributed by atoms with Gasteiger partial charge in [-0.2, -0.15) is 0 Å². The molecule has 0 saturated carbocycles. The van der Waals surface area contributed by atoms with Gasteiger partial charge in [0, 0.05) is 47.5 Å². The van der Waals surface area contributed by atoms with Crippen LogP contribution in [0.25, 0.3) is 0 Å². The lowest BCUT2D eigenvalue weighted by Gasteiger charge is -2.08. The lowest BCUT2D eigenvalue weighted by atomic mass is 10.1. The van der Waals surface area contributed by atoms with E-state index in [2.05, 4.69) is 10.6 Å². The summed E-state index contributed by atoms with van der Waals surface area (Å²) in [6.45, 7) is 3.93. The molecule has 2 aromatic carbocycles. The lowest BCUT2D eigenvalue weighted by molar-refractivity contribution is -0.385. The van der Waals surface area contributed by atoms with E-state index in [4.69, 9.17) is 0 Å². The molecule has 0 saturated heterocycles. The third kappa shape index (κ3) is 5.84. The third-order valence-corrected chi connectivity index (χ3v) is 4.49. The third-order valence-electron chi connectivity index (χ3n) is 4.49. The fourth-order valence-electron chi connectivity index (χ4n) is 2.86. The summed E-state index contributed by atoms with van der Waals surface area (Å²) >= 11 is 0. The van der Waals surface area contributed by atoms with E-state index >= 15 is 0 Å². The van der Waals surface area contributed by atoms with Crippen molar-refractivity contribution in [2.24, 2.45) is 0 Å². The minimum atomic E-state index is -0.497. The van der Waals surface area contributed by atoms with Gasteiger partial charge in [-0.15, -0.1) is 0 Å². The van der Waals surface area contributed by atoms with Gasteiger partial charge in [-0.3, -0.25) is 29.8 Å². The maximum atomic E-state index is 12.1. The van der Waals surface area contributed by atoms with Crippen LogP contribution in [-0.2, 0) is 0 Å². The Balaban J connectivity index is 1.73. The highest BCUT2D eigenvalue weighted by Gasteiger charge is 2.14. The van der Waals surface area contributed by atoms with Crippen LogP contribution in [-0.4, -0.2) is 34.8 Å². The molecule has 0 fully saturated rings. The molecule has 10 nitrogen and oxygen atoms in total. The zero-order valence-electron chi connectivity index (χ0n) is 16.6. The number of nitrogens with zero attached hydrogens (tertiary/aromatic N) is 2. The maximum Gasteiger partial charge on any atom is 0.272 e. The molecule has 2 rings (SSSR count). The molecule has 0 heterocycles. The number of hydrogen-bond donors (Lipinski definition) is 2. The number of nitro benzene ring substituents is 2. The van der Waals surface area contributed by atoms with E-state index in [0.717, 1.165) is 0 Å². The number of rotatable bonds is 9. The Hall–Kier alpha value is -3.82. The Morgan fingerprint density at radius 1 is 0.767 bits per heavy atom. The van der Waals surface area contributed by atoms with E-state index in [-0.39, 0.29) is 23.2 Å². The highest BCUT2D eigenvalue weighted by Crippen LogP contribution is 2.19. The van der Waals surface area contributed by atoms with Gasteiger partial charge in [-0.1, -0.05) is 0 Å². The van der Waals surface area contributed by atoms with Crippen LogP contribution >= 0.6 is 0 Å². The summed E-state index contributed by atoms with van der Waals surface area (Å²) < 4.78 is 0. The van der Waals surface area contributed by atoms with Crippen LogP contribution in [0.2, 0.25) is 0 Å². The quantitative estimate of drug-likeness (QED) is 0.366. The SMILES string of the molecule is Cc1cc(C(=O)NCCCCNC(=O)c2ccc([N+](=O)[O-])c(C)c2)ccc1[N+](=O)[O-]. The Morgan fingerprint density at radius 2 is 1.13 bits per heavy atom. The molecule has 0 aromatic heterocycles. The standard InChI is InChI=1S/C20H22N4O6/c1-13-11-15(5-7-17(13)23(27)28)19(25)21-9-3-4-10-22-20(26)16-6-8-18(24(29)30)14(2)12-16/h5-8,11-12H,3-4,9-10H2,1-2H3,(H,21,25)(H,22,26). The number of amides is 2. The molecule has 0 unspecified atom stereocenters. The monoisotopic (exact) mass is 414 g/mol. The number of nitro groups is 2. The average molecular weight is 414 g/mol. The number of unbranched alkanes of at least 4 members (excludes halogenated alkanes) is 1. The number of carbonyl (C=O) groups is 2. The molecule has 0 aliphatic heterocycles. The minimum absolute atomic E-state index is 0.0366. The summed E-state index contributed by atoms with van der Waals surface area (Å²) in [5.74, 6) is -0.642. The predicted molar refractivity (Wildman–Crippen MR) is 110 cm³/mol. The summed E-state index contributed by atoms with van der Waals surface area (Å²) in [5.41, 5.74) is 1.45. The molecule has 0 aliphatic rings. The normalized spacial score (nSPS) is 10.3. The number of hydrogen-bond acceptors (Lipinski definition) is 6. The summed E-state index contributed by atoms with van der Waals surface area (Å²) in [5, 5.41) is 27.1. The van der Waals surface area contributed by atoms with E-state index in [0.29, 0.717) is 48.2 Å². The minimum Gasteiger partial charge on any atom is -0.352 e. The fraction of sp³-hybridized carbons (Fsp3) is 0.300. The van der Waals surface area contributed by atoms with Gasteiger partial charge in [0.25, 0.3) is 23.2 Å². The molecule has 0 spiro atoms. The Labute approximate surface area is 172 Å². The van der Waals surface area contributed by atoms with Gasteiger partial charge in [0.1, 0.15) is 0 Å². The number of carbonyl (C=O) groups excluding carboxylic acids is 2. The van der Waals surface area contributed by atoms with Gasteiger partial charge in [-0.05, 0) is 51.0 Å². The van der Waals surface area contributed by atoms with Gasteiger partial charge in [-0.25, -0.2) is 0 Å². The van der Waals surface area contributed by atoms with Crippen LogP contribution < -0.4 is 10.6 Å². The van der Waals surface area contributed by atoms with Crippen molar-refractivity contribution >= 4 is 23.2 Å². The van der Waals surface area contributed by atoms with Crippen LogP contribution in [0.5, 0.6) is 0 Å². The van der Waals surface area contributed by atoms with E-state index in [9.17, 15) is 29.8 Å². The number of benzene rings is 2. The Kier molecular flexibility index (Phi) is 7.56. The van der Waals surface area contributed by atoms with Crippen molar-refractivity contribution in [3.05, 3.63) is 78.9 Å². The first kappa shape index (κ1) is 22.5. The molecule has 0 bridgehead atoms. The van der Waals surface area contributed by atoms with Crippen molar-refractivity contribution in [2.75, 3.05) is 13.1 Å². The van der Waals surface area contributed by atoms with E-state index < -0.39 is 9.85 Å². The Bertz CT molecular complexity index is 910. The second-order valence-electron chi connectivity index (χ2n) is 6.74. The van der Waals surface area contributed by atoms with E-state index in [1.807, 2.05) is 0 Å². The van der Waals surface area contributed by atoms with Gasteiger partial charge in [0.05, 0.1) is 9.85 Å². The van der Waals surface area contributed by atoms with Gasteiger partial charge < -0.3 is 10.6 Å². The first-order valence-electron chi connectivity index (χ1n) is 9.27. The summed E-state index contributed by atoms with van der Waals surface area (Å²) in [6, 6.07) is 8.37. The van der Waals surface area contributed by atoms with Crippen molar-refractivity contribution in [1.82, 2.24) is 10.6 Å². The first-order chi connectivity index (χ1) is 14.2. The van der Waals surface area contributed by atoms with Gasteiger partial charge in [0.2, 0.25) is 0 Å². The summed E-state index contributed by atoms with van der Waals surface area (Å²) in [6.07, 6.45) is 1.24. The van der Waals surface area contributed by atoms with Crippen molar-refractivity contribution in [1.29, 1.82) is 0 Å². The van der Waals surface area contributed by atoms with Crippen LogP contribution in [0.4, 0.5) is 11.4 Å². The molecule has 2 aromatic rings. The van der Waals surface area contributed by atoms with Crippen LogP contribution in [0.1, 0.15) is 44.7 Å². The number of nitrogens with one attached hydrogen (secondary N) is 2. The molecule has 2 amide bonds. The predicted octanol–water partition coefficient (Wildman–Crippen LogP) is 3.06. The van der Waals surface area contributed by atoms with Crippen molar-refractivity contribution in [3.8, 4) is 0 Å². The molecule has 158 valence electrons. The largest absolute Gasteiger partial charge is 0.352 e. The average Bonchev–Trinajstić information content (AvgIpc) is 2.69. The summed E-state index contributed by atoms with van der Waals surface area (Å²) in [7, 11) is 0. The van der Waals surface area contributed by atoms with Crippen LogP contribution in [0.15, 0.2) is 36.4 Å². The smallest absolute Gasteiger partial charge is 0.272 e. The maximum absolute atomic E-state index is 12.1. The van der Waals surface area contributed by atoms with Crippen molar-refractivity contribution in [3.63, 3.8) is 0 Å². The topological polar surface area (TPSA) is 144 Å². The van der Waals surface area contributed by atoms with Gasteiger partial charge >= 0.3 is 0 Å². The van der Waals surface area contributed by atoms with E-state index in [1.165, 1.54) is 36.4 Å². The highest BCUT2D eigenvalue weighted by molar-refractivity contribution is 5.95. The number of aryl methyl sites for hydroxylation is 2. The molecule has 0 radical (unpaired) electrons. The Morgan fingerprint density at radius 3 is 1.43 bits per heavy atom. The van der Waals surface area contributed by atoms with Crippen molar-refractivity contribution in [2.45, 2.75) is 26.7 Å². The zero-order chi connectivity index (χ0) is 22.3. The zero-order valence-corrected chi connectivity index (χ0v) is 16.6. The molecule has 0 aliphatic carbocycles. The molecule has 10 heteroatoms. The molecular weight excluding hydrogens is 392 g/mol. The molecule has 2 N–H and O–H groups in total. The van der Waals surface area contributed by atoms with E-state index in [1.54, 1.807) is 13.8 Å². The lowest BCUT2D eigenvalue weighted by Crippen LogP contribution is -2.27. The van der Waals surface area contributed by atoms with Crippen LogP contribution in [0.3, 0.4) is 0 Å². The first-order valence-corrected chi connectivity index (χ1v) is 9.27. The highest BCUT2D eigenvalue weighted by atomic mass is 16.6. The second kappa shape index (κ2) is 10.1. The molecule has 0 atom stereocenters. The molecular formula is C20H22N4O6. The summed E-state index contributed by atoms with van der Waals surface area (Å²) in [4.78, 5) is 44.9. The van der Waals surface area contributed by atoms with Crippen molar-refractivity contribution < 1.29 is 19.4 Å².